The lowest BCUT2D eigenvalue weighted by atomic mass is 10.3. The van der Waals surface area contributed by atoms with Gasteiger partial charge in [0.25, 0.3) is 12.4 Å². The van der Waals surface area contributed by atoms with Crippen LogP contribution < -0.4 is 4.67 Å². The molecule has 8 heavy (non-hydrogen) atoms. The molecule has 0 rings (SSSR count). The summed E-state index contributed by atoms with van der Waals surface area (Å²) in [6.45, 7) is 7.40. The molecule has 0 amide bonds. The summed E-state index contributed by atoms with van der Waals surface area (Å²) in [5.41, 5.74) is 0.979. The Balaban J connectivity index is 3.71. The Hall–Kier alpha value is -0.810. The van der Waals surface area contributed by atoms with Crippen LogP contribution in [0.3, 0.4) is 0 Å². The third-order valence-electron chi connectivity index (χ3n) is 0.844. The Kier molecular flexibility index (Phi) is 3.91. The van der Waals surface area contributed by atoms with Crippen LogP contribution in [0.2, 0.25) is 0 Å². The monoisotopic (exact) mass is 110 g/mol. The predicted molar refractivity (Wildman–Crippen MR) is 39.4 cm³/mol. The van der Waals surface area contributed by atoms with Crippen LogP contribution in [-0.2, 0) is 0 Å². The van der Waals surface area contributed by atoms with Crippen molar-refractivity contribution in [2.75, 3.05) is 0 Å². The highest BCUT2D eigenvalue weighted by Crippen LogP contribution is 1.78. The van der Waals surface area contributed by atoms with Crippen molar-refractivity contribution >= 4 is 12.4 Å². The molecule has 0 atom stereocenters. The van der Waals surface area contributed by atoms with Crippen LogP contribution in [-0.4, -0.2) is 12.4 Å². The number of nitrogens with zero attached hydrogens (tertiary/aromatic N) is 1. The summed E-state index contributed by atoms with van der Waals surface area (Å²) in [6.07, 6.45) is 5.09. The van der Waals surface area contributed by atoms with Gasteiger partial charge in [0.2, 0.25) is 0 Å². The van der Waals surface area contributed by atoms with Crippen LogP contribution in [0.5, 0.6) is 0 Å². The van der Waals surface area contributed by atoms with E-state index >= 15 is 0 Å². The summed E-state index contributed by atoms with van der Waals surface area (Å²) in [6, 6.07) is 0. The van der Waals surface area contributed by atoms with Crippen molar-refractivity contribution in [1.29, 1.82) is 0 Å². The van der Waals surface area contributed by atoms with E-state index in [0.29, 0.717) is 0 Å². The third-order valence-corrected chi connectivity index (χ3v) is 0.844. The lowest BCUT2D eigenvalue weighted by molar-refractivity contribution is 1.23. The summed E-state index contributed by atoms with van der Waals surface area (Å²) in [5, 5.41) is 0. The first-order valence-electron chi connectivity index (χ1n) is 2.78. The lowest BCUT2D eigenvalue weighted by Crippen LogP contribution is -1.86. The molecule has 0 heterocycles. The van der Waals surface area contributed by atoms with Crippen LogP contribution in [0.1, 0.15) is 20.3 Å². The average Bonchev–Trinajstić information content (AvgIpc) is 1.83. The minimum atomic E-state index is 0.979. The van der Waals surface area contributed by atoms with Crippen molar-refractivity contribution in [3.63, 3.8) is 0 Å². The van der Waals surface area contributed by atoms with Crippen molar-refractivity contribution in [3.8, 4) is 0 Å². The van der Waals surface area contributed by atoms with Crippen LogP contribution in [0.15, 0.2) is 12.2 Å². The van der Waals surface area contributed by atoms with Crippen molar-refractivity contribution in [2.45, 2.75) is 20.3 Å². The molecule has 0 aromatic carbocycles. The van der Waals surface area contributed by atoms with Gasteiger partial charge in [-0.1, -0.05) is 13.0 Å². The first kappa shape index (κ1) is 7.19. The molecule has 1 heteroatoms. The van der Waals surface area contributed by atoms with Crippen LogP contribution in [0.25, 0.3) is 0 Å². The summed E-state index contributed by atoms with van der Waals surface area (Å²) < 4.78 is 3.71. The smallest absolute Gasteiger partial charge is 0.106 e. The van der Waals surface area contributed by atoms with Gasteiger partial charge < -0.3 is 0 Å². The highest BCUT2D eigenvalue weighted by molar-refractivity contribution is 5.92. The van der Waals surface area contributed by atoms with Gasteiger partial charge in [-0.25, -0.2) is 0 Å². The van der Waals surface area contributed by atoms with Crippen molar-refractivity contribution < 1.29 is 0 Å². The SMILES string of the molecule is C=[N+]=C(C)C=CCC. The molecule has 0 aliphatic rings. The maximum Gasteiger partial charge on any atom is 0.299 e. The van der Waals surface area contributed by atoms with Gasteiger partial charge in [0.1, 0.15) is 0 Å². The van der Waals surface area contributed by atoms with Crippen molar-refractivity contribution in [2.24, 2.45) is 0 Å². The van der Waals surface area contributed by atoms with Crippen LogP contribution in [0.4, 0.5) is 0 Å². The second-order valence-electron chi connectivity index (χ2n) is 1.61. The van der Waals surface area contributed by atoms with E-state index in [1.807, 2.05) is 13.0 Å². The number of hydrogen-bond donors (Lipinski definition) is 0. The molecule has 0 unspecified atom stereocenters. The van der Waals surface area contributed by atoms with Gasteiger partial charge in [-0.2, -0.15) is 0 Å². The second kappa shape index (κ2) is 4.35. The molecule has 44 valence electrons. The molecule has 0 radical (unpaired) electrons. The molecule has 0 saturated carbocycles. The molecule has 0 aliphatic heterocycles. The van der Waals surface area contributed by atoms with Crippen LogP contribution in [0, 0.1) is 0 Å². The van der Waals surface area contributed by atoms with Gasteiger partial charge in [0, 0.05) is 13.0 Å². The fourth-order valence-electron chi connectivity index (χ4n) is 0.341. The molecule has 0 bridgehead atoms. The third kappa shape index (κ3) is 3.38. The molecule has 1 nitrogen and oxygen atoms in total. The van der Waals surface area contributed by atoms with Crippen molar-refractivity contribution in [1.82, 2.24) is 4.67 Å². The number of allylic oxidation sites excluding steroid dienone is 2. The molecule has 0 saturated heterocycles. The molecular formula is C7H12N+. The number of hydrogen-bond acceptors (Lipinski definition) is 0. The zero-order valence-corrected chi connectivity index (χ0v) is 5.52. The van der Waals surface area contributed by atoms with E-state index in [0.717, 1.165) is 12.1 Å². The molecule has 0 N–H and O–H groups in total. The average molecular weight is 110 g/mol. The maximum absolute atomic E-state index is 3.71. The first-order chi connectivity index (χ1) is 3.81. The summed E-state index contributed by atoms with van der Waals surface area (Å²) in [4.78, 5) is 0. The summed E-state index contributed by atoms with van der Waals surface area (Å²) in [5.74, 6) is 0. The van der Waals surface area contributed by atoms with Gasteiger partial charge >= 0.3 is 0 Å². The Morgan fingerprint density at radius 3 is 2.75 bits per heavy atom. The fraction of sp³-hybridized carbons (Fsp3) is 0.429. The lowest BCUT2D eigenvalue weighted by Gasteiger charge is -1.69. The predicted octanol–water partition coefficient (Wildman–Crippen LogP) is 1.18. The molecular weight excluding hydrogens is 98.1 g/mol. The summed E-state index contributed by atoms with van der Waals surface area (Å²) >= 11 is 0. The zero-order valence-electron chi connectivity index (χ0n) is 5.52. The molecule has 0 fully saturated rings. The fourth-order valence-corrected chi connectivity index (χ4v) is 0.341. The van der Waals surface area contributed by atoms with E-state index in [9.17, 15) is 0 Å². The number of rotatable bonds is 2. The Morgan fingerprint density at radius 1 is 1.75 bits per heavy atom. The molecule has 0 aromatic heterocycles. The first-order valence-corrected chi connectivity index (χ1v) is 2.78. The Bertz CT molecular complexity index is 127. The minimum absolute atomic E-state index is 0.979. The minimum Gasteiger partial charge on any atom is -0.106 e. The maximum atomic E-state index is 3.71. The van der Waals surface area contributed by atoms with E-state index in [1.165, 1.54) is 0 Å². The topological polar surface area (TPSA) is 14.1 Å². The molecule has 0 aliphatic carbocycles. The van der Waals surface area contributed by atoms with Gasteiger partial charge in [-0.3, -0.25) is 0 Å². The quantitative estimate of drug-likeness (QED) is 0.374. The van der Waals surface area contributed by atoms with E-state index in [4.69, 9.17) is 0 Å². The van der Waals surface area contributed by atoms with Gasteiger partial charge in [0.05, 0.1) is 0 Å². The Morgan fingerprint density at radius 2 is 2.38 bits per heavy atom. The standard InChI is InChI=1S/C7H12N/c1-4-5-6-7(2)8-3/h5-6H,3-4H2,1-2H3/q+1. The summed E-state index contributed by atoms with van der Waals surface area (Å²) in [7, 11) is 0. The van der Waals surface area contributed by atoms with Gasteiger partial charge in [0.15, 0.2) is 0 Å². The zero-order chi connectivity index (χ0) is 6.41. The van der Waals surface area contributed by atoms with Crippen molar-refractivity contribution in [3.05, 3.63) is 12.2 Å². The Labute approximate surface area is 50.5 Å². The van der Waals surface area contributed by atoms with E-state index < -0.39 is 0 Å². The van der Waals surface area contributed by atoms with E-state index in [2.05, 4.69) is 24.4 Å². The second-order valence-corrected chi connectivity index (χ2v) is 1.61. The molecule has 0 aromatic rings. The highest BCUT2D eigenvalue weighted by Gasteiger charge is 1.86. The van der Waals surface area contributed by atoms with Gasteiger partial charge in [-0.05, 0) is 6.42 Å². The van der Waals surface area contributed by atoms with Crippen LogP contribution >= 0.6 is 0 Å². The normalized spacial score (nSPS) is 9.25. The van der Waals surface area contributed by atoms with Gasteiger partial charge in [-0.15, -0.1) is 4.67 Å². The highest BCUT2D eigenvalue weighted by atomic mass is 14.5. The van der Waals surface area contributed by atoms with E-state index in [-0.39, 0.29) is 0 Å². The molecule has 0 spiro atoms. The van der Waals surface area contributed by atoms with E-state index in [1.54, 1.807) is 0 Å². The largest absolute Gasteiger partial charge is 0.299 e.